The van der Waals surface area contributed by atoms with E-state index < -0.39 is 0 Å². The SMILES string of the molecule is Cc1[nH]c2ccc(CN3CCN(CCc4ccc5c(c4)OCO5)CC3)cc2c1C. The summed E-state index contributed by atoms with van der Waals surface area (Å²) < 4.78 is 10.9. The number of piperazine rings is 1. The van der Waals surface area contributed by atoms with Gasteiger partial charge >= 0.3 is 0 Å². The minimum absolute atomic E-state index is 0.344. The van der Waals surface area contributed by atoms with Crippen LogP contribution in [0.2, 0.25) is 0 Å². The summed E-state index contributed by atoms with van der Waals surface area (Å²) in [6, 6.07) is 13.2. The summed E-state index contributed by atoms with van der Waals surface area (Å²) in [4.78, 5) is 8.62. The van der Waals surface area contributed by atoms with E-state index in [0.29, 0.717) is 6.79 Å². The minimum Gasteiger partial charge on any atom is -0.454 e. The highest BCUT2D eigenvalue weighted by atomic mass is 16.7. The molecule has 1 aromatic heterocycles. The van der Waals surface area contributed by atoms with Gasteiger partial charge in [0.2, 0.25) is 6.79 Å². The van der Waals surface area contributed by atoms with Crippen LogP contribution in [0.1, 0.15) is 22.4 Å². The molecule has 0 bridgehead atoms. The van der Waals surface area contributed by atoms with Crippen LogP contribution in [-0.2, 0) is 13.0 Å². The number of benzene rings is 2. The van der Waals surface area contributed by atoms with E-state index in [1.807, 2.05) is 6.07 Å². The molecule has 5 nitrogen and oxygen atoms in total. The molecule has 1 saturated heterocycles. The van der Waals surface area contributed by atoms with Crippen LogP contribution < -0.4 is 9.47 Å². The van der Waals surface area contributed by atoms with Crippen molar-refractivity contribution in [3.63, 3.8) is 0 Å². The Kier molecular flexibility index (Phi) is 4.94. The Morgan fingerprint density at radius 2 is 1.62 bits per heavy atom. The normalized spacial score (nSPS) is 17.3. The average molecular weight is 392 g/mol. The number of hydrogen-bond donors (Lipinski definition) is 1. The molecule has 3 heterocycles. The lowest BCUT2D eigenvalue weighted by atomic mass is 10.1. The maximum atomic E-state index is 5.49. The molecule has 152 valence electrons. The van der Waals surface area contributed by atoms with Crippen LogP contribution in [0.3, 0.4) is 0 Å². The number of hydrogen-bond acceptors (Lipinski definition) is 4. The van der Waals surface area contributed by atoms with Gasteiger partial charge in [-0.2, -0.15) is 0 Å². The molecule has 2 aliphatic heterocycles. The van der Waals surface area contributed by atoms with E-state index in [9.17, 15) is 0 Å². The first kappa shape index (κ1) is 18.5. The van der Waals surface area contributed by atoms with Crippen molar-refractivity contribution in [2.75, 3.05) is 39.5 Å². The lowest BCUT2D eigenvalue weighted by Crippen LogP contribution is -2.46. The molecule has 0 saturated carbocycles. The molecule has 29 heavy (non-hydrogen) atoms. The quantitative estimate of drug-likeness (QED) is 0.717. The first-order valence-electron chi connectivity index (χ1n) is 10.6. The fourth-order valence-corrected chi connectivity index (χ4v) is 4.42. The van der Waals surface area contributed by atoms with Crippen LogP contribution >= 0.6 is 0 Å². The van der Waals surface area contributed by atoms with Crippen LogP contribution in [0.15, 0.2) is 36.4 Å². The summed E-state index contributed by atoms with van der Waals surface area (Å²) in [7, 11) is 0. The summed E-state index contributed by atoms with van der Waals surface area (Å²) in [5.41, 5.74) is 6.62. The van der Waals surface area contributed by atoms with Crippen molar-refractivity contribution < 1.29 is 9.47 Å². The number of rotatable bonds is 5. The number of nitrogens with one attached hydrogen (secondary N) is 1. The van der Waals surface area contributed by atoms with Gasteiger partial charge in [-0.05, 0) is 61.2 Å². The fourth-order valence-electron chi connectivity index (χ4n) is 4.42. The zero-order chi connectivity index (χ0) is 19.8. The Morgan fingerprint density at radius 1 is 0.862 bits per heavy atom. The Hall–Kier alpha value is -2.50. The molecule has 5 heteroatoms. The second kappa shape index (κ2) is 7.73. The number of H-pyrrole nitrogens is 1. The molecule has 0 atom stereocenters. The predicted molar refractivity (Wildman–Crippen MR) is 116 cm³/mol. The van der Waals surface area contributed by atoms with E-state index in [0.717, 1.165) is 57.2 Å². The molecule has 0 aliphatic carbocycles. The van der Waals surface area contributed by atoms with E-state index in [4.69, 9.17) is 9.47 Å². The van der Waals surface area contributed by atoms with Crippen LogP contribution in [0.25, 0.3) is 10.9 Å². The Labute approximate surface area is 172 Å². The lowest BCUT2D eigenvalue weighted by Gasteiger charge is -2.34. The summed E-state index contributed by atoms with van der Waals surface area (Å²) in [5, 5.41) is 1.36. The van der Waals surface area contributed by atoms with Gasteiger partial charge in [0.1, 0.15) is 0 Å². The van der Waals surface area contributed by atoms with E-state index in [1.165, 1.54) is 33.3 Å². The first-order chi connectivity index (χ1) is 14.2. The Balaban J connectivity index is 1.13. The molecule has 0 radical (unpaired) electrons. The van der Waals surface area contributed by atoms with Gasteiger partial charge in [-0.1, -0.05) is 12.1 Å². The monoisotopic (exact) mass is 391 g/mol. The molecule has 3 aromatic rings. The van der Waals surface area contributed by atoms with Crippen molar-refractivity contribution in [2.24, 2.45) is 0 Å². The van der Waals surface area contributed by atoms with Crippen molar-refractivity contribution >= 4 is 10.9 Å². The van der Waals surface area contributed by atoms with Crippen LogP contribution in [0, 0.1) is 13.8 Å². The second-order valence-electron chi connectivity index (χ2n) is 8.31. The van der Waals surface area contributed by atoms with Gasteiger partial charge in [-0.15, -0.1) is 0 Å². The Morgan fingerprint density at radius 3 is 2.48 bits per heavy atom. The lowest BCUT2D eigenvalue weighted by molar-refractivity contribution is 0.128. The number of aromatic amines is 1. The molecular weight excluding hydrogens is 362 g/mol. The number of ether oxygens (including phenoxy) is 2. The number of aryl methyl sites for hydroxylation is 2. The van der Waals surface area contributed by atoms with E-state index >= 15 is 0 Å². The maximum Gasteiger partial charge on any atom is 0.231 e. The van der Waals surface area contributed by atoms with Crippen molar-refractivity contribution in [3.05, 3.63) is 58.8 Å². The number of nitrogens with zero attached hydrogens (tertiary/aromatic N) is 2. The van der Waals surface area contributed by atoms with Crippen molar-refractivity contribution in [1.82, 2.24) is 14.8 Å². The third-order valence-electron chi connectivity index (χ3n) is 6.40. The zero-order valence-corrected chi connectivity index (χ0v) is 17.3. The summed E-state index contributed by atoms with van der Waals surface area (Å²) in [5.74, 6) is 1.75. The molecule has 1 fully saturated rings. The van der Waals surface area contributed by atoms with Crippen molar-refractivity contribution in [2.45, 2.75) is 26.8 Å². The van der Waals surface area contributed by atoms with Crippen molar-refractivity contribution in [1.29, 1.82) is 0 Å². The molecule has 0 spiro atoms. The van der Waals surface area contributed by atoms with Crippen LogP contribution in [-0.4, -0.2) is 54.3 Å². The Bertz CT molecular complexity index is 1020. The number of aromatic nitrogens is 1. The molecule has 0 amide bonds. The van der Waals surface area contributed by atoms with Crippen LogP contribution in [0.4, 0.5) is 0 Å². The molecular formula is C24H29N3O2. The zero-order valence-electron chi connectivity index (χ0n) is 17.3. The third kappa shape index (κ3) is 3.85. The third-order valence-corrected chi connectivity index (χ3v) is 6.40. The van der Waals surface area contributed by atoms with Gasteiger partial charge in [0, 0.05) is 55.9 Å². The van der Waals surface area contributed by atoms with E-state index in [2.05, 4.69) is 59.0 Å². The molecule has 2 aliphatic rings. The summed E-state index contributed by atoms with van der Waals surface area (Å²) in [6.07, 6.45) is 1.05. The summed E-state index contributed by atoms with van der Waals surface area (Å²) in [6.45, 7) is 11.4. The van der Waals surface area contributed by atoms with Gasteiger partial charge in [0.05, 0.1) is 0 Å². The molecule has 0 unspecified atom stereocenters. The molecule has 2 aromatic carbocycles. The van der Waals surface area contributed by atoms with Gasteiger partial charge < -0.3 is 19.4 Å². The highest BCUT2D eigenvalue weighted by Crippen LogP contribution is 2.32. The van der Waals surface area contributed by atoms with E-state index in [-0.39, 0.29) is 0 Å². The van der Waals surface area contributed by atoms with E-state index in [1.54, 1.807) is 0 Å². The standard InChI is InChI=1S/C24H29N3O2/c1-17-18(2)25-22-5-3-20(13-21(17)22)15-27-11-9-26(10-12-27)8-7-19-4-6-23-24(14-19)29-16-28-23/h3-6,13-14,25H,7-12,15-16H2,1-2H3. The minimum atomic E-state index is 0.344. The van der Waals surface area contributed by atoms with Gasteiger partial charge in [0.15, 0.2) is 11.5 Å². The first-order valence-corrected chi connectivity index (χ1v) is 10.6. The highest BCUT2D eigenvalue weighted by Gasteiger charge is 2.18. The molecule has 5 rings (SSSR count). The second-order valence-corrected chi connectivity index (χ2v) is 8.31. The van der Waals surface area contributed by atoms with Gasteiger partial charge in [-0.25, -0.2) is 0 Å². The number of fused-ring (bicyclic) bond motifs is 2. The highest BCUT2D eigenvalue weighted by molar-refractivity contribution is 5.84. The largest absolute Gasteiger partial charge is 0.454 e. The summed E-state index contributed by atoms with van der Waals surface area (Å²) >= 11 is 0. The fraction of sp³-hybridized carbons (Fsp3) is 0.417. The predicted octanol–water partition coefficient (Wildman–Crippen LogP) is 3.87. The molecule has 1 N–H and O–H groups in total. The van der Waals surface area contributed by atoms with Gasteiger partial charge in [0.25, 0.3) is 0 Å². The van der Waals surface area contributed by atoms with Gasteiger partial charge in [-0.3, -0.25) is 4.90 Å². The van der Waals surface area contributed by atoms with Crippen molar-refractivity contribution in [3.8, 4) is 11.5 Å². The smallest absolute Gasteiger partial charge is 0.231 e. The van der Waals surface area contributed by atoms with Crippen LogP contribution in [0.5, 0.6) is 11.5 Å². The average Bonchev–Trinajstić information content (AvgIpc) is 3.32. The maximum absolute atomic E-state index is 5.49. The topological polar surface area (TPSA) is 40.7 Å².